The number of thiophene rings is 1. The maximum Gasteiger partial charge on any atom is 0.0707 e. The molecule has 92 valence electrons. The van der Waals surface area contributed by atoms with E-state index in [9.17, 15) is 0 Å². The SMILES string of the molecule is CCNC(c1cccs1)c1c(C)nn(C)c1C. The highest BCUT2D eigenvalue weighted by Crippen LogP contribution is 2.30. The molecule has 0 saturated carbocycles. The number of aromatic nitrogens is 2. The second kappa shape index (κ2) is 5.02. The molecule has 1 unspecified atom stereocenters. The van der Waals surface area contributed by atoms with Crippen molar-refractivity contribution in [3.05, 3.63) is 39.3 Å². The van der Waals surface area contributed by atoms with Gasteiger partial charge < -0.3 is 5.32 Å². The van der Waals surface area contributed by atoms with Gasteiger partial charge in [-0.2, -0.15) is 5.10 Å². The molecule has 0 amide bonds. The summed E-state index contributed by atoms with van der Waals surface area (Å²) in [5.41, 5.74) is 3.67. The molecule has 1 N–H and O–H groups in total. The van der Waals surface area contributed by atoms with E-state index in [-0.39, 0.29) is 6.04 Å². The minimum absolute atomic E-state index is 0.272. The molecule has 2 rings (SSSR count). The van der Waals surface area contributed by atoms with Crippen LogP contribution in [0.25, 0.3) is 0 Å². The Morgan fingerprint density at radius 3 is 2.71 bits per heavy atom. The van der Waals surface area contributed by atoms with Gasteiger partial charge in [0.15, 0.2) is 0 Å². The summed E-state index contributed by atoms with van der Waals surface area (Å²) in [5.74, 6) is 0. The average molecular weight is 249 g/mol. The van der Waals surface area contributed by atoms with E-state index in [1.165, 1.54) is 16.1 Å². The number of hydrogen-bond donors (Lipinski definition) is 1. The molecule has 1 atom stereocenters. The largest absolute Gasteiger partial charge is 0.306 e. The Labute approximate surface area is 106 Å². The summed E-state index contributed by atoms with van der Waals surface area (Å²) >= 11 is 1.79. The third-order valence-electron chi connectivity index (χ3n) is 3.09. The average Bonchev–Trinajstić information content (AvgIpc) is 2.88. The van der Waals surface area contributed by atoms with Crippen LogP contribution in [0.1, 0.15) is 34.8 Å². The highest BCUT2D eigenvalue weighted by molar-refractivity contribution is 7.10. The van der Waals surface area contributed by atoms with Gasteiger partial charge in [0.25, 0.3) is 0 Å². The van der Waals surface area contributed by atoms with Gasteiger partial charge in [-0.15, -0.1) is 11.3 Å². The van der Waals surface area contributed by atoms with Crippen molar-refractivity contribution < 1.29 is 0 Å². The van der Waals surface area contributed by atoms with E-state index in [1.807, 2.05) is 11.7 Å². The lowest BCUT2D eigenvalue weighted by molar-refractivity contribution is 0.631. The fraction of sp³-hybridized carbons (Fsp3) is 0.462. The standard InChI is InChI=1S/C13H19N3S/c1-5-14-13(11-7-6-8-17-11)12-9(2)15-16(4)10(12)3/h6-8,13-14H,5H2,1-4H3. The second-order valence-corrected chi connectivity index (χ2v) is 5.19. The predicted molar refractivity (Wildman–Crippen MR) is 72.5 cm³/mol. The Kier molecular flexibility index (Phi) is 3.64. The number of rotatable bonds is 4. The van der Waals surface area contributed by atoms with Crippen LogP contribution in [0, 0.1) is 13.8 Å². The van der Waals surface area contributed by atoms with Gasteiger partial charge in [0, 0.05) is 23.2 Å². The number of nitrogens with one attached hydrogen (secondary N) is 1. The van der Waals surface area contributed by atoms with Crippen LogP contribution in [0.5, 0.6) is 0 Å². The van der Waals surface area contributed by atoms with Crippen molar-refractivity contribution in [3.63, 3.8) is 0 Å². The number of aryl methyl sites for hydroxylation is 2. The van der Waals surface area contributed by atoms with Crippen LogP contribution in [-0.2, 0) is 7.05 Å². The molecule has 0 saturated heterocycles. The third kappa shape index (κ3) is 2.28. The Morgan fingerprint density at radius 2 is 2.24 bits per heavy atom. The molecule has 0 aliphatic rings. The van der Waals surface area contributed by atoms with E-state index in [4.69, 9.17) is 0 Å². The molecule has 3 nitrogen and oxygen atoms in total. The Bertz CT molecular complexity index is 485. The molecule has 2 aromatic heterocycles. The monoisotopic (exact) mass is 249 g/mol. The van der Waals surface area contributed by atoms with E-state index in [1.54, 1.807) is 11.3 Å². The lowest BCUT2D eigenvalue weighted by atomic mass is 10.0. The minimum Gasteiger partial charge on any atom is -0.306 e. The first kappa shape index (κ1) is 12.3. The van der Waals surface area contributed by atoms with Gasteiger partial charge in [-0.25, -0.2) is 0 Å². The molecule has 2 aromatic rings. The molecule has 0 fully saturated rings. The number of hydrogen-bond acceptors (Lipinski definition) is 3. The van der Waals surface area contributed by atoms with E-state index in [0.29, 0.717) is 0 Å². The number of nitrogens with zero attached hydrogens (tertiary/aromatic N) is 2. The van der Waals surface area contributed by atoms with E-state index in [0.717, 1.165) is 12.2 Å². The fourth-order valence-electron chi connectivity index (χ4n) is 2.21. The summed E-state index contributed by atoms with van der Waals surface area (Å²) in [6.07, 6.45) is 0. The predicted octanol–water partition coefficient (Wildman–Crippen LogP) is 2.80. The highest BCUT2D eigenvalue weighted by atomic mass is 32.1. The van der Waals surface area contributed by atoms with Crippen molar-refractivity contribution in [1.82, 2.24) is 15.1 Å². The summed E-state index contributed by atoms with van der Waals surface area (Å²) in [7, 11) is 2.00. The van der Waals surface area contributed by atoms with Crippen molar-refractivity contribution in [1.29, 1.82) is 0 Å². The molecule has 0 radical (unpaired) electrons. The topological polar surface area (TPSA) is 29.9 Å². The molecule has 0 bridgehead atoms. The van der Waals surface area contributed by atoms with E-state index >= 15 is 0 Å². The van der Waals surface area contributed by atoms with Gasteiger partial charge in [0.05, 0.1) is 11.7 Å². The zero-order chi connectivity index (χ0) is 12.4. The molecular weight excluding hydrogens is 230 g/mol. The van der Waals surface area contributed by atoms with E-state index < -0.39 is 0 Å². The van der Waals surface area contributed by atoms with Crippen LogP contribution in [0.2, 0.25) is 0 Å². The highest BCUT2D eigenvalue weighted by Gasteiger charge is 2.21. The lowest BCUT2D eigenvalue weighted by Gasteiger charge is -2.17. The molecular formula is C13H19N3S. The van der Waals surface area contributed by atoms with Gasteiger partial charge in [-0.3, -0.25) is 4.68 Å². The smallest absolute Gasteiger partial charge is 0.0707 e. The quantitative estimate of drug-likeness (QED) is 0.903. The fourth-order valence-corrected chi connectivity index (χ4v) is 3.02. The van der Waals surface area contributed by atoms with Gasteiger partial charge >= 0.3 is 0 Å². The van der Waals surface area contributed by atoms with Crippen LogP contribution >= 0.6 is 11.3 Å². The normalized spacial score (nSPS) is 12.9. The maximum atomic E-state index is 4.50. The van der Waals surface area contributed by atoms with Gasteiger partial charge in [-0.1, -0.05) is 13.0 Å². The molecule has 0 aliphatic heterocycles. The zero-order valence-electron chi connectivity index (χ0n) is 10.8. The van der Waals surface area contributed by atoms with Crippen LogP contribution < -0.4 is 5.32 Å². The van der Waals surface area contributed by atoms with Crippen molar-refractivity contribution in [3.8, 4) is 0 Å². The summed E-state index contributed by atoms with van der Waals surface area (Å²) in [6, 6.07) is 4.56. The Balaban J connectivity index is 2.46. The van der Waals surface area contributed by atoms with Crippen LogP contribution in [0.15, 0.2) is 17.5 Å². The molecule has 0 aliphatic carbocycles. The lowest BCUT2D eigenvalue weighted by Crippen LogP contribution is -2.22. The van der Waals surface area contributed by atoms with Gasteiger partial charge in [-0.05, 0) is 31.8 Å². The molecule has 2 heterocycles. The first-order valence-corrected chi connectivity index (χ1v) is 6.80. The molecule has 17 heavy (non-hydrogen) atoms. The Hall–Kier alpha value is -1.13. The zero-order valence-corrected chi connectivity index (χ0v) is 11.6. The first-order valence-electron chi connectivity index (χ1n) is 5.92. The first-order chi connectivity index (χ1) is 8.15. The third-order valence-corrected chi connectivity index (χ3v) is 4.03. The summed E-state index contributed by atoms with van der Waals surface area (Å²) < 4.78 is 1.96. The second-order valence-electron chi connectivity index (χ2n) is 4.21. The van der Waals surface area contributed by atoms with Gasteiger partial charge in [0.2, 0.25) is 0 Å². The maximum absolute atomic E-state index is 4.50. The molecule has 4 heteroatoms. The Morgan fingerprint density at radius 1 is 1.47 bits per heavy atom. The van der Waals surface area contributed by atoms with Gasteiger partial charge in [0.1, 0.15) is 0 Å². The summed E-state index contributed by atoms with van der Waals surface area (Å²) in [5, 5.41) is 10.2. The van der Waals surface area contributed by atoms with Crippen molar-refractivity contribution in [2.45, 2.75) is 26.8 Å². The summed E-state index contributed by atoms with van der Waals surface area (Å²) in [4.78, 5) is 1.35. The van der Waals surface area contributed by atoms with Crippen molar-refractivity contribution in [2.75, 3.05) is 6.54 Å². The van der Waals surface area contributed by atoms with E-state index in [2.05, 4.69) is 48.7 Å². The van der Waals surface area contributed by atoms with Crippen LogP contribution in [0.3, 0.4) is 0 Å². The molecule has 0 spiro atoms. The van der Waals surface area contributed by atoms with Crippen LogP contribution in [0.4, 0.5) is 0 Å². The minimum atomic E-state index is 0.272. The summed E-state index contributed by atoms with van der Waals surface area (Å²) in [6.45, 7) is 7.31. The van der Waals surface area contributed by atoms with Crippen molar-refractivity contribution in [2.24, 2.45) is 7.05 Å². The van der Waals surface area contributed by atoms with Crippen LogP contribution in [-0.4, -0.2) is 16.3 Å². The molecule has 0 aromatic carbocycles. The van der Waals surface area contributed by atoms with Crippen molar-refractivity contribution >= 4 is 11.3 Å².